The predicted molar refractivity (Wildman–Crippen MR) is 69.3 cm³/mol. The number of hydrogen-bond acceptors (Lipinski definition) is 3. The zero-order chi connectivity index (χ0) is 13.9. The maximum atomic E-state index is 12.1. The van der Waals surface area contributed by atoms with E-state index in [4.69, 9.17) is 9.84 Å². The van der Waals surface area contributed by atoms with Crippen molar-refractivity contribution in [3.8, 4) is 0 Å². The largest absolute Gasteiger partial charge is 0.478 e. The molecule has 1 aromatic rings. The van der Waals surface area contributed by atoms with Crippen molar-refractivity contribution >= 4 is 11.9 Å². The highest BCUT2D eigenvalue weighted by Gasteiger charge is 2.29. The Morgan fingerprint density at radius 1 is 1.26 bits per heavy atom. The maximum absolute atomic E-state index is 12.1. The average Bonchev–Trinajstić information content (AvgIpc) is 2.39. The zero-order valence-corrected chi connectivity index (χ0v) is 10.8. The number of carbonyl (C=O) groups is 2. The lowest BCUT2D eigenvalue weighted by Gasteiger charge is -2.34. The van der Waals surface area contributed by atoms with Crippen molar-refractivity contribution in [2.24, 2.45) is 0 Å². The topological polar surface area (TPSA) is 75.6 Å². The van der Waals surface area contributed by atoms with Crippen LogP contribution in [0.1, 0.15) is 40.5 Å². The Labute approximate surface area is 111 Å². The zero-order valence-electron chi connectivity index (χ0n) is 10.8. The van der Waals surface area contributed by atoms with Crippen molar-refractivity contribution in [1.82, 2.24) is 5.32 Å². The molecule has 0 saturated carbocycles. The fraction of sp³-hybridized carbons (Fsp3) is 0.429. The van der Waals surface area contributed by atoms with Gasteiger partial charge in [0.05, 0.1) is 17.7 Å². The summed E-state index contributed by atoms with van der Waals surface area (Å²) in [5.41, 5.74) is 0.279. The molecule has 1 aliphatic rings. The molecule has 1 unspecified atom stereocenters. The Balaban J connectivity index is 2.05. The molecule has 0 bridgehead atoms. The molecule has 5 heteroatoms. The van der Waals surface area contributed by atoms with E-state index in [2.05, 4.69) is 5.32 Å². The van der Waals surface area contributed by atoms with Crippen LogP contribution in [0, 0.1) is 0 Å². The highest BCUT2D eigenvalue weighted by Crippen LogP contribution is 2.19. The van der Waals surface area contributed by atoms with Crippen molar-refractivity contribution in [1.29, 1.82) is 0 Å². The normalized spacial score (nSPS) is 22.8. The first-order chi connectivity index (χ1) is 9.00. The molecule has 1 amide bonds. The van der Waals surface area contributed by atoms with E-state index in [-0.39, 0.29) is 17.0 Å². The second-order valence-corrected chi connectivity index (χ2v) is 5.05. The lowest BCUT2D eigenvalue weighted by Crippen LogP contribution is -2.51. The molecule has 0 aliphatic carbocycles. The van der Waals surface area contributed by atoms with E-state index in [1.807, 2.05) is 6.92 Å². The first-order valence-electron chi connectivity index (χ1n) is 6.24. The minimum absolute atomic E-state index is 0.170. The third-order valence-electron chi connectivity index (χ3n) is 3.25. The quantitative estimate of drug-likeness (QED) is 0.870. The van der Waals surface area contributed by atoms with Crippen LogP contribution < -0.4 is 5.32 Å². The summed E-state index contributed by atoms with van der Waals surface area (Å²) in [5, 5.41) is 11.7. The van der Waals surface area contributed by atoms with E-state index in [1.165, 1.54) is 24.3 Å². The van der Waals surface area contributed by atoms with Gasteiger partial charge in [-0.15, -0.1) is 0 Å². The number of amides is 1. The van der Waals surface area contributed by atoms with E-state index in [0.717, 1.165) is 19.4 Å². The summed E-state index contributed by atoms with van der Waals surface area (Å²) in [4.78, 5) is 22.8. The molecule has 1 heterocycles. The van der Waals surface area contributed by atoms with Crippen LogP contribution >= 0.6 is 0 Å². The van der Waals surface area contributed by atoms with Crippen LogP contribution in [-0.2, 0) is 4.74 Å². The first-order valence-corrected chi connectivity index (χ1v) is 6.24. The molecule has 102 valence electrons. The van der Waals surface area contributed by atoms with Gasteiger partial charge in [0, 0.05) is 12.2 Å². The fourth-order valence-corrected chi connectivity index (χ4v) is 2.14. The second kappa shape index (κ2) is 5.40. The molecule has 1 aromatic carbocycles. The second-order valence-electron chi connectivity index (χ2n) is 5.05. The summed E-state index contributed by atoms with van der Waals surface area (Å²) in [6.07, 6.45) is 1.81. The van der Waals surface area contributed by atoms with Crippen LogP contribution in [0.2, 0.25) is 0 Å². The van der Waals surface area contributed by atoms with Crippen LogP contribution in [0.5, 0.6) is 0 Å². The molecule has 0 aromatic heterocycles. The summed E-state index contributed by atoms with van der Waals surface area (Å²) in [5.74, 6) is -1.20. The van der Waals surface area contributed by atoms with Crippen molar-refractivity contribution < 1.29 is 19.4 Å². The van der Waals surface area contributed by atoms with Crippen LogP contribution in [0.25, 0.3) is 0 Å². The number of carboxylic acids is 1. The lowest BCUT2D eigenvalue weighted by atomic mass is 9.94. The number of benzene rings is 1. The molecule has 0 radical (unpaired) electrons. The van der Waals surface area contributed by atoms with Gasteiger partial charge in [0.15, 0.2) is 0 Å². The third-order valence-corrected chi connectivity index (χ3v) is 3.25. The minimum atomic E-state index is -1.00. The van der Waals surface area contributed by atoms with E-state index in [1.54, 1.807) is 0 Å². The highest BCUT2D eigenvalue weighted by molar-refractivity contribution is 5.96. The van der Waals surface area contributed by atoms with Crippen molar-refractivity contribution in [2.75, 3.05) is 13.2 Å². The lowest BCUT2D eigenvalue weighted by molar-refractivity contribution is 0.0272. The number of ether oxygens (including phenoxy) is 1. The average molecular weight is 263 g/mol. The first kappa shape index (κ1) is 13.5. The molecule has 1 atom stereocenters. The van der Waals surface area contributed by atoms with Crippen molar-refractivity contribution in [3.05, 3.63) is 35.4 Å². The molecule has 1 fully saturated rings. The summed E-state index contributed by atoms with van der Waals surface area (Å²) in [6.45, 7) is 3.19. The van der Waals surface area contributed by atoms with Gasteiger partial charge in [-0.05, 0) is 44.0 Å². The van der Waals surface area contributed by atoms with E-state index >= 15 is 0 Å². The van der Waals surface area contributed by atoms with E-state index in [0.29, 0.717) is 12.2 Å². The van der Waals surface area contributed by atoms with Crippen LogP contribution in [0.4, 0.5) is 0 Å². The Hall–Kier alpha value is -1.88. The van der Waals surface area contributed by atoms with Gasteiger partial charge >= 0.3 is 5.97 Å². The Morgan fingerprint density at radius 3 is 2.42 bits per heavy atom. The van der Waals surface area contributed by atoms with Gasteiger partial charge in [-0.2, -0.15) is 0 Å². The summed E-state index contributed by atoms with van der Waals surface area (Å²) >= 11 is 0. The van der Waals surface area contributed by atoms with Crippen molar-refractivity contribution in [3.63, 3.8) is 0 Å². The maximum Gasteiger partial charge on any atom is 0.335 e. The number of aromatic carboxylic acids is 1. The molecular weight excluding hydrogens is 246 g/mol. The summed E-state index contributed by atoms with van der Waals surface area (Å²) in [7, 11) is 0. The van der Waals surface area contributed by atoms with Crippen molar-refractivity contribution in [2.45, 2.75) is 25.3 Å². The monoisotopic (exact) mass is 263 g/mol. The summed E-state index contributed by atoms with van der Waals surface area (Å²) in [6, 6.07) is 5.89. The molecule has 0 spiro atoms. The van der Waals surface area contributed by atoms with Gasteiger partial charge in [-0.1, -0.05) is 0 Å². The smallest absolute Gasteiger partial charge is 0.335 e. The van der Waals surface area contributed by atoms with Gasteiger partial charge in [-0.3, -0.25) is 4.79 Å². The summed E-state index contributed by atoms with van der Waals surface area (Å²) < 4.78 is 5.38. The van der Waals surface area contributed by atoms with E-state index in [9.17, 15) is 9.59 Å². The number of carboxylic acid groups (broad SMARTS) is 1. The molecule has 19 heavy (non-hydrogen) atoms. The third kappa shape index (κ3) is 3.32. The van der Waals surface area contributed by atoms with Crippen LogP contribution in [0.15, 0.2) is 24.3 Å². The molecule has 5 nitrogen and oxygen atoms in total. The predicted octanol–water partition coefficient (Wildman–Crippen LogP) is 1.68. The molecule has 2 rings (SSSR count). The highest BCUT2D eigenvalue weighted by atomic mass is 16.5. The van der Waals surface area contributed by atoms with Gasteiger partial charge in [0.1, 0.15) is 0 Å². The Kier molecular flexibility index (Phi) is 3.85. The van der Waals surface area contributed by atoms with Crippen LogP contribution in [-0.4, -0.2) is 35.7 Å². The van der Waals surface area contributed by atoms with Gasteiger partial charge in [0.25, 0.3) is 5.91 Å². The van der Waals surface area contributed by atoms with Crippen LogP contribution in [0.3, 0.4) is 0 Å². The van der Waals surface area contributed by atoms with Gasteiger partial charge < -0.3 is 15.2 Å². The van der Waals surface area contributed by atoms with Gasteiger partial charge in [-0.25, -0.2) is 4.79 Å². The number of nitrogens with one attached hydrogen (secondary N) is 1. The van der Waals surface area contributed by atoms with E-state index < -0.39 is 5.97 Å². The van der Waals surface area contributed by atoms with Gasteiger partial charge in [0.2, 0.25) is 0 Å². The number of carbonyl (C=O) groups excluding carboxylic acids is 1. The SMILES string of the molecule is CC1(NC(=O)c2ccc(C(=O)O)cc2)CCCOC1. The molecule has 1 saturated heterocycles. The molecule has 1 aliphatic heterocycles. The number of rotatable bonds is 3. The number of hydrogen-bond donors (Lipinski definition) is 2. The molecular formula is C14H17NO4. The molecule has 2 N–H and O–H groups in total. The Morgan fingerprint density at radius 2 is 1.89 bits per heavy atom. The standard InChI is InChI=1S/C14H17NO4/c1-14(7-2-8-19-9-14)15-12(16)10-3-5-11(6-4-10)13(17)18/h3-6H,2,7-9H2,1H3,(H,15,16)(H,17,18). The fourth-order valence-electron chi connectivity index (χ4n) is 2.14. The minimum Gasteiger partial charge on any atom is -0.478 e. The Bertz CT molecular complexity index is 475.